The van der Waals surface area contributed by atoms with Crippen LogP contribution in [0.3, 0.4) is 0 Å². The molecule has 4 aromatic carbocycles. The molecule has 1 unspecified atom stereocenters. The van der Waals surface area contributed by atoms with Crippen LogP contribution in [-0.4, -0.2) is 26.8 Å². The minimum absolute atomic E-state index is 0.114. The highest BCUT2D eigenvalue weighted by molar-refractivity contribution is 9.10. The molecule has 0 aliphatic carbocycles. The van der Waals surface area contributed by atoms with E-state index >= 15 is 0 Å². The first-order chi connectivity index (χ1) is 19.2. The molecule has 206 valence electrons. The highest BCUT2D eigenvalue weighted by atomic mass is 79.9. The summed E-state index contributed by atoms with van der Waals surface area (Å²) in [7, 11) is 2.88. The maximum absolute atomic E-state index is 13.7. The van der Waals surface area contributed by atoms with Crippen molar-refractivity contribution in [2.24, 2.45) is 10.7 Å². The van der Waals surface area contributed by atoms with Crippen LogP contribution < -0.4 is 15.2 Å². The number of methoxy groups -OCH3 is 2. The van der Waals surface area contributed by atoms with Crippen LogP contribution in [0.5, 0.6) is 11.5 Å². The van der Waals surface area contributed by atoms with Crippen LogP contribution in [0.2, 0.25) is 0 Å². The Kier molecular flexibility index (Phi) is 9.27. The zero-order valence-corrected chi connectivity index (χ0v) is 24.9. The maximum Gasteiger partial charge on any atom is 0.283 e. The lowest BCUT2D eigenvalue weighted by atomic mass is 9.84. The predicted molar refractivity (Wildman–Crippen MR) is 161 cm³/mol. The van der Waals surface area contributed by atoms with Gasteiger partial charge in [0.1, 0.15) is 6.61 Å². The van der Waals surface area contributed by atoms with E-state index in [1.54, 1.807) is 24.3 Å². The van der Waals surface area contributed by atoms with Crippen molar-refractivity contribution in [2.45, 2.75) is 5.54 Å². The second-order valence-electron chi connectivity index (χ2n) is 8.80. The van der Waals surface area contributed by atoms with Gasteiger partial charge in [0.25, 0.3) is 6.02 Å². The lowest BCUT2D eigenvalue weighted by Gasteiger charge is -2.26. The summed E-state index contributed by atoms with van der Waals surface area (Å²) >= 11 is 6.87. The van der Waals surface area contributed by atoms with Crippen LogP contribution in [-0.2, 0) is 10.3 Å². The van der Waals surface area contributed by atoms with Gasteiger partial charge in [-0.25, -0.2) is 13.8 Å². The SMILES string of the molecule is C=C(c1cccc(Br)c1)c1ccc(F)c(OC)c1.COc1cc(C2(c3cccc(Br)c3)COC(N)=N2)ccc1F. The van der Waals surface area contributed by atoms with Crippen molar-refractivity contribution in [3.05, 3.63) is 134 Å². The molecule has 5 nitrogen and oxygen atoms in total. The standard InChI is InChI=1S/C16H14BrFN2O2.C15H12BrFO/c1-21-14-8-11(5-6-13(14)18)16(9-22-15(19)20-16)10-3-2-4-12(17)7-10;1-10(11-4-3-5-13(16)8-11)12-6-7-14(17)15(9-12)18-2/h2-8H,9H2,1H3,(H2,19,20);3-9H,1H2,2H3. The van der Waals surface area contributed by atoms with Gasteiger partial charge in [0.15, 0.2) is 28.7 Å². The predicted octanol–water partition coefficient (Wildman–Crippen LogP) is 7.84. The van der Waals surface area contributed by atoms with E-state index in [2.05, 4.69) is 43.4 Å². The first-order valence-corrected chi connectivity index (χ1v) is 13.6. The van der Waals surface area contributed by atoms with Crippen LogP contribution in [0.1, 0.15) is 22.3 Å². The second-order valence-corrected chi connectivity index (χ2v) is 10.6. The molecule has 2 N–H and O–H groups in total. The molecule has 1 aliphatic heterocycles. The largest absolute Gasteiger partial charge is 0.494 e. The van der Waals surface area contributed by atoms with E-state index in [9.17, 15) is 8.78 Å². The molecule has 0 amide bonds. The van der Waals surface area contributed by atoms with E-state index in [1.165, 1.54) is 26.4 Å². The number of nitrogens with zero attached hydrogens (tertiary/aromatic N) is 1. The van der Waals surface area contributed by atoms with Crippen LogP contribution in [0.25, 0.3) is 5.57 Å². The Bertz CT molecular complexity index is 1580. The summed E-state index contributed by atoms with van der Waals surface area (Å²) < 4.78 is 44.4. The highest BCUT2D eigenvalue weighted by Gasteiger charge is 2.40. The number of ether oxygens (including phenoxy) is 3. The summed E-state index contributed by atoms with van der Waals surface area (Å²) in [5, 5.41) is 0. The van der Waals surface area contributed by atoms with Gasteiger partial charge in [0, 0.05) is 8.95 Å². The first-order valence-electron chi connectivity index (χ1n) is 12.0. The molecule has 0 aromatic heterocycles. The van der Waals surface area contributed by atoms with Crippen molar-refractivity contribution < 1.29 is 23.0 Å². The maximum atomic E-state index is 13.7. The second kappa shape index (κ2) is 12.7. The average molecular weight is 672 g/mol. The van der Waals surface area contributed by atoms with Crippen LogP contribution in [0, 0.1) is 11.6 Å². The van der Waals surface area contributed by atoms with Crippen molar-refractivity contribution in [2.75, 3.05) is 20.8 Å². The van der Waals surface area contributed by atoms with E-state index in [4.69, 9.17) is 19.9 Å². The number of aliphatic imine (C=N–C) groups is 1. The molecule has 5 rings (SSSR count). The third kappa shape index (κ3) is 6.37. The Hall–Kier alpha value is -3.69. The fourth-order valence-corrected chi connectivity index (χ4v) is 5.05. The van der Waals surface area contributed by atoms with Crippen molar-refractivity contribution in [3.8, 4) is 11.5 Å². The number of nitrogens with two attached hydrogens (primary N) is 1. The van der Waals surface area contributed by atoms with Crippen molar-refractivity contribution in [3.63, 3.8) is 0 Å². The molecule has 1 atom stereocenters. The smallest absolute Gasteiger partial charge is 0.283 e. The fraction of sp³-hybridized carbons (Fsp3) is 0.129. The van der Waals surface area contributed by atoms with E-state index in [-0.39, 0.29) is 29.9 Å². The minimum Gasteiger partial charge on any atom is -0.494 e. The molecule has 0 radical (unpaired) electrons. The lowest BCUT2D eigenvalue weighted by molar-refractivity contribution is 0.278. The molecule has 4 aromatic rings. The normalized spacial score (nSPS) is 15.8. The number of benzene rings is 4. The molecule has 40 heavy (non-hydrogen) atoms. The van der Waals surface area contributed by atoms with Gasteiger partial charge in [-0.3, -0.25) is 0 Å². The Morgan fingerprint density at radius 3 is 2.00 bits per heavy atom. The Labute approximate surface area is 248 Å². The molecule has 0 fully saturated rings. The molecule has 0 bridgehead atoms. The zero-order valence-electron chi connectivity index (χ0n) is 21.8. The fourth-order valence-electron chi connectivity index (χ4n) is 4.25. The minimum atomic E-state index is -0.811. The van der Waals surface area contributed by atoms with E-state index in [1.807, 2.05) is 48.5 Å². The van der Waals surface area contributed by atoms with E-state index in [0.29, 0.717) is 0 Å². The summed E-state index contributed by atoms with van der Waals surface area (Å²) in [6, 6.07) is 25.0. The summed E-state index contributed by atoms with van der Waals surface area (Å²) in [4.78, 5) is 4.48. The highest BCUT2D eigenvalue weighted by Crippen LogP contribution is 2.40. The topological polar surface area (TPSA) is 66.1 Å². The van der Waals surface area contributed by atoms with Gasteiger partial charge in [-0.2, -0.15) is 0 Å². The van der Waals surface area contributed by atoms with Crippen LogP contribution in [0.4, 0.5) is 8.78 Å². The first kappa shape index (κ1) is 29.3. The third-order valence-corrected chi connectivity index (χ3v) is 7.32. The molecular formula is C31H26Br2F2N2O3. The van der Waals surface area contributed by atoms with Crippen molar-refractivity contribution in [1.29, 1.82) is 0 Å². The van der Waals surface area contributed by atoms with E-state index in [0.717, 1.165) is 36.8 Å². The summed E-state index contributed by atoms with van der Waals surface area (Å²) in [6.07, 6.45) is 0. The number of amidine groups is 1. The number of hydrogen-bond donors (Lipinski definition) is 1. The van der Waals surface area contributed by atoms with Gasteiger partial charge in [0.2, 0.25) is 0 Å². The van der Waals surface area contributed by atoms with Crippen LogP contribution in [0.15, 0.2) is 105 Å². The van der Waals surface area contributed by atoms with Crippen molar-refractivity contribution >= 4 is 43.5 Å². The van der Waals surface area contributed by atoms with Crippen molar-refractivity contribution in [1.82, 2.24) is 0 Å². The number of rotatable bonds is 6. The zero-order chi connectivity index (χ0) is 28.9. The van der Waals surface area contributed by atoms with E-state index < -0.39 is 11.4 Å². The molecule has 1 aliphatic rings. The van der Waals surface area contributed by atoms with Gasteiger partial charge in [0.05, 0.1) is 14.2 Å². The number of halogens is 4. The molecular weight excluding hydrogens is 646 g/mol. The monoisotopic (exact) mass is 670 g/mol. The Morgan fingerprint density at radius 1 is 0.825 bits per heavy atom. The third-order valence-electron chi connectivity index (χ3n) is 6.33. The van der Waals surface area contributed by atoms with Gasteiger partial charge < -0.3 is 19.9 Å². The molecule has 0 spiro atoms. The lowest BCUT2D eigenvalue weighted by Crippen LogP contribution is -2.27. The Balaban J connectivity index is 0.000000189. The van der Waals surface area contributed by atoms with Gasteiger partial charge in [-0.05, 0) is 76.4 Å². The van der Waals surface area contributed by atoms with Crippen LogP contribution >= 0.6 is 31.9 Å². The summed E-state index contributed by atoms with van der Waals surface area (Å²) in [5.41, 5.74) is 9.23. The van der Waals surface area contributed by atoms with Gasteiger partial charge in [-0.1, -0.05) is 74.8 Å². The van der Waals surface area contributed by atoms with Gasteiger partial charge in [-0.15, -0.1) is 0 Å². The molecule has 0 saturated heterocycles. The molecule has 9 heteroatoms. The molecule has 0 saturated carbocycles. The average Bonchev–Trinajstić information content (AvgIpc) is 3.36. The summed E-state index contributed by atoms with van der Waals surface area (Å²) in [5.74, 6) is -0.411. The Morgan fingerprint density at radius 2 is 1.40 bits per heavy atom. The quantitative estimate of drug-likeness (QED) is 0.227. The van der Waals surface area contributed by atoms with Gasteiger partial charge >= 0.3 is 0 Å². The summed E-state index contributed by atoms with van der Waals surface area (Å²) in [6.45, 7) is 4.30. The number of hydrogen-bond acceptors (Lipinski definition) is 5. The molecule has 1 heterocycles.